The van der Waals surface area contributed by atoms with Crippen LogP contribution in [-0.2, 0) is 29.1 Å². The Bertz CT molecular complexity index is 818. The average Bonchev–Trinajstić information content (AvgIpc) is 2.83. The zero-order valence-electron chi connectivity index (χ0n) is 14.9. The summed E-state index contributed by atoms with van der Waals surface area (Å²) in [6.07, 6.45) is -0.871. The maximum absolute atomic E-state index is 12.1. The Morgan fingerprint density at radius 1 is 1.35 bits per heavy atom. The van der Waals surface area contributed by atoms with E-state index in [1.165, 1.54) is 23.9 Å². The highest BCUT2D eigenvalue weighted by atomic mass is 32.2. The number of sulfonamides is 1. The predicted molar refractivity (Wildman–Crippen MR) is 90.0 cm³/mol. The number of nitrogens with zero attached hydrogens (tertiary/aromatic N) is 1. The number of ether oxygens (including phenoxy) is 3. The summed E-state index contributed by atoms with van der Waals surface area (Å²) in [4.78, 5) is 32.4. The van der Waals surface area contributed by atoms with E-state index in [1.54, 1.807) is 0 Å². The molecule has 0 bridgehead atoms. The van der Waals surface area contributed by atoms with Crippen molar-refractivity contribution in [3.05, 3.63) is 33.1 Å². The summed E-state index contributed by atoms with van der Waals surface area (Å²) >= 11 is 0. The van der Waals surface area contributed by atoms with Gasteiger partial charge in [0.25, 0.3) is 5.56 Å². The molecule has 0 radical (unpaired) electrons. The molecule has 148 valence electrons. The number of H-pyrrole nitrogens is 1. The van der Waals surface area contributed by atoms with Gasteiger partial charge in [-0.05, 0) is 13.8 Å². The van der Waals surface area contributed by atoms with Crippen LogP contribution in [0.5, 0.6) is 0 Å². The van der Waals surface area contributed by atoms with Gasteiger partial charge in [0.15, 0.2) is 6.23 Å². The Balaban J connectivity index is 2.26. The van der Waals surface area contributed by atoms with Crippen molar-refractivity contribution >= 4 is 10.0 Å². The van der Waals surface area contributed by atoms with Crippen LogP contribution in [0.4, 0.5) is 0 Å². The van der Waals surface area contributed by atoms with E-state index in [-0.39, 0.29) is 12.7 Å². The van der Waals surface area contributed by atoms with Crippen molar-refractivity contribution in [2.75, 3.05) is 20.0 Å². The molecule has 0 spiro atoms. The molecule has 1 aliphatic heterocycles. The van der Waals surface area contributed by atoms with Gasteiger partial charge in [-0.1, -0.05) is 4.89 Å². The molecule has 0 unspecified atom stereocenters. The Kier molecular flexibility index (Phi) is 6.71. The lowest BCUT2D eigenvalue weighted by Gasteiger charge is -2.25. The van der Waals surface area contributed by atoms with Gasteiger partial charge in [-0.15, -0.1) is 0 Å². The highest BCUT2D eigenvalue weighted by Crippen LogP contribution is 2.33. The molecule has 0 amide bonds. The van der Waals surface area contributed by atoms with Gasteiger partial charge < -0.3 is 14.2 Å². The van der Waals surface area contributed by atoms with E-state index in [2.05, 4.69) is 4.98 Å². The molecule has 26 heavy (non-hydrogen) atoms. The van der Waals surface area contributed by atoms with Gasteiger partial charge >= 0.3 is 5.69 Å². The van der Waals surface area contributed by atoms with E-state index in [1.807, 2.05) is 18.7 Å². The molecule has 1 saturated heterocycles. The van der Waals surface area contributed by atoms with Gasteiger partial charge in [-0.25, -0.2) is 13.2 Å². The fraction of sp³-hybridized carbons (Fsp3) is 0.714. The molecule has 2 heterocycles. The summed E-state index contributed by atoms with van der Waals surface area (Å²) in [5.41, 5.74) is -1.20. The molecule has 12 heteroatoms. The first-order valence-electron chi connectivity index (χ1n) is 7.86. The smallest absolute Gasteiger partial charge is 0.330 e. The van der Waals surface area contributed by atoms with Crippen LogP contribution in [-0.4, -0.2) is 62.4 Å². The van der Waals surface area contributed by atoms with Gasteiger partial charge in [-0.3, -0.25) is 19.2 Å². The van der Waals surface area contributed by atoms with Crippen molar-refractivity contribution < 1.29 is 27.5 Å². The highest BCUT2D eigenvalue weighted by Gasteiger charge is 2.47. The van der Waals surface area contributed by atoms with E-state index in [0.717, 1.165) is 6.26 Å². The van der Waals surface area contributed by atoms with Crippen molar-refractivity contribution in [1.29, 1.82) is 0 Å². The van der Waals surface area contributed by atoms with Gasteiger partial charge in [0.05, 0.1) is 19.0 Å². The molecule has 2 rings (SSSR count). The number of nitrogens with one attached hydrogen (secondary N) is 2. The number of methoxy groups -OCH3 is 1. The van der Waals surface area contributed by atoms with Crippen molar-refractivity contribution in [2.45, 2.75) is 44.5 Å². The number of hydrogen-bond acceptors (Lipinski definition) is 8. The normalized spacial score (nSPS) is 26.5. The van der Waals surface area contributed by atoms with Crippen molar-refractivity contribution in [2.24, 2.45) is 0 Å². The van der Waals surface area contributed by atoms with E-state index >= 15 is 0 Å². The van der Waals surface area contributed by atoms with Gasteiger partial charge in [0, 0.05) is 19.4 Å². The maximum atomic E-state index is 12.1. The Morgan fingerprint density at radius 3 is 2.58 bits per heavy atom. The van der Waals surface area contributed by atoms with E-state index in [0.29, 0.717) is 0 Å². The summed E-state index contributed by atoms with van der Waals surface area (Å²) < 4.78 is 40.6. The van der Waals surface area contributed by atoms with Crippen molar-refractivity contribution in [1.82, 2.24) is 14.4 Å². The van der Waals surface area contributed by atoms with Crippen LogP contribution in [0.3, 0.4) is 0 Å². The first kappa shape index (κ1) is 20.7. The SMILES string of the molecule is CO[C@@H]1[C@H](OC(C)C)[C@@H](CONS(C)(=O)=O)O[C@H]1n1ccc(=O)[nH]c1=O. The Morgan fingerprint density at radius 2 is 2.04 bits per heavy atom. The first-order valence-corrected chi connectivity index (χ1v) is 9.75. The number of aromatic nitrogens is 2. The van der Waals surface area contributed by atoms with Crippen molar-refractivity contribution in [3.63, 3.8) is 0 Å². The number of rotatable bonds is 8. The van der Waals surface area contributed by atoms with Crippen LogP contribution < -0.4 is 16.1 Å². The molecule has 11 nitrogen and oxygen atoms in total. The minimum atomic E-state index is -3.55. The predicted octanol–water partition coefficient (Wildman–Crippen LogP) is -1.28. The zero-order chi connectivity index (χ0) is 19.5. The molecule has 1 aromatic rings. The van der Waals surface area contributed by atoms with Crippen LogP contribution in [0, 0.1) is 0 Å². The Hall–Kier alpha value is -1.57. The second-order valence-corrected chi connectivity index (χ2v) is 7.81. The number of hydrogen-bond donors (Lipinski definition) is 2. The quantitative estimate of drug-likeness (QED) is 0.521. The second kappa shape index (κ2) is 8.41. The molecular formula is C14H23N3O8S. The molecule has 4 atom stereocenters. The van der Waals surface area contributed by atoms with Crippen LogP contribution >= 0.6 is 0 Å². The van der Waals surface area contributed by atoms with Crippen LogP contribution in [0.1, 0.15) is 20.1 Å². The summed E-state index contributed by atoms with van der Waals surface area (Å²) in [6.45, 7) is 3.47. The fourth-order valence-electron chi connectivity index (χ4n) is 2.65. The Labute approximate surface area is 150 Å². The molecule has 1 aliphatic rings. The zero-order valence-corrected chi connectivity index (χ0v) is 15.7. The van der Waals surface area contributed by atoms with Crippen LogP contribution in [0.25, 0.3) is 0 Å². The second-order valence-electron chi connectivity index (χ2n) is 6.10. The van der Waals surface area contributed by atoms with E-state index in [9.17, 15) is 18.0 Å². The third-order valence-electron chi connectivity index (χ3n) is 3.57. The lowest BCUT2D eigenvalue weighted by molar-refractivity contribution is -0.0982. The van der Waals surface area contributed by atoms with Crippen LogP contribution in [0.2, 0.25) is 0 Å². The first-order chi connectivity index (χ1) is 12.1. The molecular weight excluding hydrogens is 370 g/mol. The molecule has 1 fully saturated rings. The molecule has 0 saturated carbocycles. The van der Waals surface area contributed by atoms with Gasteiger partial charge in [0.1, 0.15) is 18.3 Å². The van der Waals surface area contributed by atoms with E-state index < -0.39 is 45.8 Å². The fourth-order valence-corrected chi connectivity index (χ4v) is 2.93. The lowest BCUT2D eigenvalue weighted by Crippen LogP contribution is -2.42. The third kappa shape index (κ3) is 5.22. The molecule has 1 aromatic heterocycles. The van der Waals surface area contributed by atoms with Gasteiger partial charge in [-0.2, -0.15) is 0 Å². The largest absolute Gasteiger partial charge is 0.374 e. The molecule has 0 aromatic carbocycles. The highest BCUT2D eigenvalue weighted by molar-refractivity contribution is 7.88. The summed E-state index contributed by atoms with van der Waals surface area (Å²) in [5, 5.41) is 0. The number of aromatic amines is 1. The van der Waals surface area contributed by atoms with Gasteiger partial charge in [0.2, 0.25) is 10.0 Å². The lowest BCUT2D eigenvalue weighted by atomic mass is 10.1. The topological polar surface area (TPSA) is 138 Å². The minimum absolute atomic E-state index is 0.168. The van der Waals surface area contributed by atoms with E-state index in [4.69, 9.17) is 19.0 Å². The minimum Gasteiger partial charge on any atom is -0.374 e. The molecule has 0 aliphatic carbocycles. The standard InChI is InChI=1S/C14H23N3O8S/c1-8(2)24-11-9(7-23-16-26(4,20)21)25-13(12(11)22-3)17-6-5-10(18)15-14(17)19/h5-6,8-9,11-13,16H,7H2,1-4H3,(H,15,18,19)/t9-,11-,12-,13-/m1/s1. The van der Waals surface area contributed by atoms with Crippen molar-refractivity contribution in [3.8, 4) is 0 Å². The average molecular weight is 393 g/mol. The maximum Gasteiger partial charge on any atom is 0.330 e. The van der Waals surface area contributed by atoms with Crippen LogP contribution in [0.15, 0.2) is 21.9 Å². The summed E-state index contributed by atoms with van der Waals surface area (Å²) in [7, 11) is -2.11. The summed E-state index contributed by atoms with van der Waals surface area (Å²) in [6, 6.07) is 1.19. The summed E-state index contributed by atoms with van der Waals surface area (Å²) in [5.74, 6) is 0. The molecule has 2 N–H and O–H groups in total. The third-order valence-corrected chi connectivity index (χ3v) is 3.99. The monoisotopic (exact) mass is 393 g/mol.